The van der Waals surface area contributed by atoms with Gasteiger partial charge in [0.2, 0.25) is 5.91 Å². The molecule has 0 saturated carbocycles. The lowest BCUT2D eigenvalue weighted by Gasteiger charge is -2.35. The average molecular weight is 318 g/mol. The van der Waals surface area contributed by atoms with E-state index < -0.39 is 18.8 Å². The maximum atomic E-state index is 12.4. The highest BCUT2D eigenvalue weighted by atomic mass is 19.4. The van der Waals surface area contributed by atoms with E-state index in [-0.39, 0.29) is 5.91 Å². The van der Waals surface area contributed by atoms with Gasteiger partial charge in [-0.25, -0.2) is 0 Å². The molecule has 0 aromatic carbocycles. The van der Waals surface area contributed by atoms with Crippen molar-refractivity contribution in [1.82, 2.24) is 20.0 Å². The Morgan fingerprint density at radius 1 is 1.50 bits per heavy atom. The van der Waals surface area contributed by atoms with E-state index in [2.05, 4.69) is 10.2 Å². The molecule has 124 valence electrons. The molecule has 1 fully saturated rings. The third-order valence-electron chi connectivity index (χ3n) is 4.22. The molecule has 1 saturated heterocycles. The predicted octanol–water partition coefficient (Wildman–Crippen LogP) is 2.00. The molecule has 1 amide bonds. The number of nitrogens with one attached hydrogen (secondary N) is 1. The largest absolute Gasteiger partial charge is 0.401 e. The van der Waals surface area contributed by atoms with Gasteiger partial charge in [0.05, 0.1) is 12.6 Å². The number of piperidine rings is 1. The number of alkyl halides is 3. The van der Waals surface area contributed by atoms with Crippen LogP contribution in [0.15, 0.2) is 12.3 Å². The Morgan fingerprint density at radius 2 is 2.14 bits per heavy atom. The maximum absolute atomic E-state index is 12.4. The third-order valence-corrected chi connectivity index (χ3v) is 4.22. The SMILES string of the molecule is CC(C(=O)N1CCC(c2ccn[nH]2)CC1)N(C)CC(F)(F)F. The Balaban J connectivity index is 1.86. The molecule has 1 aromatic rings. The van der Waals surface area contributed by atoms with Crippen LogP contribution in [0.4, 0.5) is 13.2 Å². The van der Waals surface area contributed by atoms with Gasteiger partial charge >= 0.3 is 6.18 Å². The summed E-state index contributed by atoms with van der Waals surface area (Å²) in [5.41, 5.74) is 1.05. The van der Waals surface area contributed by atoms with Crippen LogP contribution in [-0.2, 0) is 4.79 Å². The number of carbonyl (C=O) groups excluding carboxylic acids is 1. The Labute approximate surface area is 127 Å². The lowest BCUT2D eigenvalue weighted by Crippen LogP contribution is -2.50. The van der Waals surface area contributed by atoms with Gasteiger partial charge in [0.1, 0.15) is 0 Å². The van der Waals surface area contributed by atoms with Crippen molar-refractivity contribution in [3.63, 3.8) is 0 Å². The number of aromatic amines is 1. The third kappa shape index (κ3) is 4.22. The van der Waals surface area contributed by atoms with E-state index in [0.29, 0.717) is 19.0 Å². The van der Waals surface area contributed by atoms with Gasteiger partial charge in [0.15, 0.2) is 0 Å². The fourth-order valence-corrected chi connectivity index (χ4v) is 2.78. The molecule has 1 aliphatic heterocycles. The lowest BCUT2D eigenvalue weighted by molar-refractivity contribution is -0.155. The van der Waals surface area contributed by atoms with Gasteiger partial charge in [-0.3, -0.25) is 14.8 Å². The maximum Gasteiger partial charge on any atom is 0.401 e. The van der Waals surface area contributed by atoms with Crippen LogP contribution in [0.5, 0.6) is 0 Å². The number of rotatable bonds is 4. The smallest absolute Gasteiger partial charge is 0.341 e. The zero-order chi connectivity index (χ0) is 16.3. The summed E-state index contributed by atoms with van der Waals surface area (Å²) in [4.78, 5) is 15.0. The molecule has 1 aromatic heterocycles. The van der Waals surface area contributed by atoms with Gasteiger partial charge in [-0.2, -0.15) is 18.3 Å². The van der Waals surface area contributed by atoms with E-state index in [9.17, 15) is 18.0 Å². The van der Waals surface area contributed by atoms with Crippen molar-refractivity contribution in [2.45, 2.75) is 37.9 Å². The molecule has 2 rings (SSSR count). The minimum atomic E-state index is -4.29. The fourth-order valence-electron chi connectivity index (χ4n) is 2.78. The van der Waals surface area contributed by atoms with Crippen molar-refractivity contribution < 1.29 is 18.0 Å². The zero-order valence-corrected chi connectivity index (χ0v) is 12.7. The second-order valence-electron chi connectivity index (χ2n) is 5.82. The van der Waals surface area contributed by atoms with Gasteiger partial charge in [-0.1, -0.05) is 0 Å². The molecule has 22 heavy (non-hydrogen) atoms. The summed E-state index contributed by atoms with van der Waals surface area (Å²) in [6.07, 6.45) is -1.01. The minimum Gasteiger partial charge on any atom is -0.341 e. The van der Waals surface area contributed by atoms with Crippen LogP contribution in [0, 0.1) is 0 Å². The molecule has 0 radical (unpaired) electrons. The Kier molecular flexibility index (Phi) is 5.10. The van der Waals surface area contributed by atoms with Crippen LogP contribution in [0.25, 0.3) is 0 Å². The van der Waals surface area contributed by atoms with Crippen LogP contribution < -0.4 is 0 Å². The second-order valence-corrected chi connectivity index (χ2v) is 5.82. The molecule has 0 spiro atoms. The van der Waals surface area contributed by atoms with Crippen molar-refractivity contribution in [3.05, 3.63) is 18.0 Å². The first kappa shape index (κ1) is 16.8. The number of hydrogen-bond acceptors (Lipinski definition) is 3. The number of likely N-dealkylation sites (tertiary alicyclic amines) is 1. The van der Waals surface area contributed by atoms with Crippen LogP contribution in [0.3, 0.4) is 0 Å². The van der Waals surface area contributed by atoms with Crippen LogP contribution in [-0.4, -0.2) is 64.8 Å². The van der Waals surface area contributed by atoms with Crippen molar-refractivity contribution in [3.8, 4) is 0 Å². The molecule has 1 unspecified atom stereocenters. The van der Waals surface area contributed by atoms with Gasteiger partial charge in [0, 0.05) is 30.9 Å². The standard InChI is InChI=1S/C14H21F3N4O/c1-10(20(2)9-14(15,16)17)13(22)21-7-4-11(5-8-21)12-3-6-18-19-12/h3,6,10-11H,4-5,7-9H2,1-2H3,(H,18,19). The van der Waals surface area contributed by atoms with E-state index in [1.807, 2.05) is 6.07 Å². The van der Waals surface area contributed by atoms with Crippen molar-refractivity contribution >= 4 is 5.91 Å². The molecular weight excluding hydrogens is 297 g/mol. The van der Waals surface area contributed by atoms with E-state index in [4.69, 9.17) is 0 Å². The molecular formula is C14H21F3N4O. The fraction of sp³-hybridized carbons (Fsp3) is 0.714. The normalized spacial score (nSPS) is 18.7. The average Bonchev–Trinajstić information content (AvgIpc) is 2.98. The molecule has 1 N–H and O–H groups in total. The number of amides is 1. The number of halogens is 3. The number of likely N-dealkylation sites (N-methyl/N-ethyl adjacent to an activating group) is 1. The van der Waals surface area contributed by atoms with Gasteiger partial charge in [0.25, 0.3) is 0 Å². The first-order valence-electron chi connectivity index (χ1n) is 7.33. The number of H-pyrrole nitrogens is 1. The summed E-state index contributed by atoms with van der Waals surface area (Å²) in [6, 6.07) is 1.15. The Bertz CT molecular complexity index is 481. The van der Waals surface area contributed by atoms with Crippen LogP contribution in [0.1, 0.15) is 31.4 Å². The molecule has 0 aliphatic carbocycles. The Morgan fingerprint density at radius 3 is 2.64 bits per heavy atom. The van der Waals surface area contributed by atoms with E-state index >= 15 is 0 Å². The van der Waals surface area contributed by atoms with E-state index in [1.165, 1.54) is 14.0 Å². The molecule has 8 heteroatoms. The lowest BCUT2D eigenvalue weighted by atomic mass is 9.93. The summed E-state index contributed by atoms with van der Waals surface area (Å²) in [7, 11) is 1.33. The number of carbonyl (C=O) groups is 1. The van der Waals surface area contributed by atoms with Crippen molar-refractivity contribution in [1.29, 1.82) is 0 Å². The highest BCUT2D eigenvalue weighted by Crippen LogP contribution is 2.27. The molecule has 1 aliphatic rings. The quantitative estimate of drug-likeness (QED) is 0.924. The predicted molar refractivity (Wildman–Crippen MR) is 75.3 cm³/mol. The van der Waals surface area contributed by atoms with Gasteiger partial charge < -0.3 is 4.90 Å². The Hall–Kier alpha value is -1.57. The second kappa shape index (κ2) is 6.68. The highest BCUT2D eigenvalue weighted by molar-refractivity contribution is 5.81. The zero-order valence-electron chi connectivity index (χ0n) is 12.7. The van der Waals surface area contributed by atoms with Crippen molar-refractivity contribution in [2.75, 3.05) is 26.7 Å². The number of aromatic nitrogens is 2. The molecule has 5 nitrogen and oxygen atoms in total. The van der Waals surface area contributed by atoms with Crippen LogP contribution >= 0.6 is 0 Å². The summed E-state index contributed by atoms with van der Waals surface area (Å²) < 4.78 is 37.2. The summed E-state index contributed by atoms with van der Waals surface area (Å²) in [5.74, 6) is 0.0876. The molecule has 2 heterocycles. The van der Waals surface area contributed by atoms with Crippen molar-refractivity contribution in [2.24, 2.45) is 0 Å². The highest BCUT2D eigenvalue weighted by Gasteiger charge is 2.35. The number of hydrogen-bond donors (Lipinski definition) is 1. The van der Waals surface area contributed by atoms with Gasteiger partial charge in [-0.15, -0.1) is 0 Å². The first-order valence-corrected chi connectivity index (χ1v) is 7.33. The minimum absolute atomic E-state index is 0.241. The first-order chi connectivity index (χ1) is 10.3. The van der Waals surface area contributed by atoms with E-state index in [1.54, 1.807) is 11.1 Å². The van der Waals surface area contributed by atoms with Crippen LogP contribution in [0.2, 0.25) is 0 Å². The summed E-state index contributed by atoms with van der Waals surface area (Å²) in [5, 5.41) is 6.85. The topological polar surface area (TPSA) is 52.2 Å². The summed E-state index contributed by atoms with van der Waals surface area (Å²) >= 11 is 0. The summed E-state index contributed by atoms with van der Waals surface area (Å²) in [6.45, 7) is 1.57. The monoisotopic (exact) mass is 318 g/mol. The number of nitrogens with zero attached hydrogens (tertiary/aromatic N) is 3. The molecule has 0 bridgehead atoms. The van der Waals surface area contributed by atoms with Gasteiger partial charge in [-0.05, 0) is 32.9 Å². The molecule has 1 atom stereocenters. The van der Waals surface area contributed by atoms with E-state index in [0.717, 1.165) is 23.4 Å².